The summed E-state index contributed by atoms with van der Waals surface area (Å²) >= 11 is 7.12. The Morgan fingerprint density at radius 1 is 1.50 bits per heavy atom. The molecule has 2 nitrogen and oxygen atoms in total. The molecule has 0 saturated heterocycles. The summed E-state index contributed by atoms with van der Waals surface area (Å²) in [5.74, 6) is 0.494. The van der Waals surface area contributed by atoms with E-state index in [0.29, 0.717) is 5.92 Å². The molecule has 0 aliphatic carbocycles. The fourth-order valence-corrected chi connectivity index (χ4v) is 2.88. The van der Waals surface area contributed by atoms with Gasteiger partial charge in [-0.3, -0.25) is 0 Å². The highest BCUT2D eigenvalue weighted by molar-refractivity contribution is 7.71. The van der Waals surface area contributed by atoms with E-state index in [9.17, 15) is 0 Å². The van der Waals surface area contributed by atoms with Crippen LogP contribution in [0.25, 0.3) is 0 Å². The quantitative estimate of drug-likeness (QED) is 0.816. The lowest BCUT2D eigenvalue weighted by atomic mass is 10.1. The molecule has 0 unspecified atom stereocenters. The molecule has 2 rings (SSSR count). The van der Waals surface area contributed by atoms with Gasteiger partial charge in [-0.25, -0.2) is 0 Å². The average Bonchev–Trinajstić information content (AvgIpc) is 2.76. The number of rotatable bonds is 3. The highest BCUT2D eigenvalue weighted by Crippen LogP contribution is 2.21. The monoisotopic (exact) mass is 252 g/mol. The predicted molar refractivity (Wildman–Crippen MR) is 71.9 cm³/mol. The molecule has 0 aliphatic rings. The Labute approximate surface area is 105 Å². The average molecular weight is 252 g/mol. The third-order valence-corrected chi connectivity index (χ3v) is 4.11. The molecule has 2 aromatic rings. The third kappa shape index (κ3) is 2.13. The number of hydrogen-bond acceptors (Lipinski definition) is 2. The second-order valence-electron chi connectivity index (χ2n) is 4.29. The van der Waals surface area contributed by atoms with Crippen LogP contribution in [0.15, 0.2) is 17.6 Å². The van der Waals surface area contributed by atoms with Crippen LogP contribution < -0.4 is 0 Å². The van der Waals surface area contributed by atoms with Gasteiger partial charge in [0.05, 0.1) is 6.54 Å². The number of H-pyrrole nitrogens is 1. The van der Waals surface area contributed by atoms with E-state index in [1.807, 2.05) is 6.20 Å². The maximum absolute atomic E-state index is 5.32. The molecule has 0 radical (unpaired) electrons. The lowest BCUT2D eigenvalue weighted by molar-refractivity contribution is 0.688. The first-order valence-corrected chi connectivity index (χ1v) is 6.69. The van der Waals surface area contributed by atoms with E-state index in [-0.39, 0.29) is 0 Å². The van der Waals surface area contributed by atoms with E-state index in [1.165, 1.54) is 16.1 Å². The van der Waals surface area contributed by atoms with E-state index in [0.717, 1.165) is 11.3 Å². The summed E-state index contributed by atoms with van der Waals surface area (Å²) in [5, 5.41) is 2.13. The Balaban J connectivity index is 2.38. The maximum atomic E-state index is 5.32. The van der Waals surface area contributed by atoms with Crippen molar-refractivity contribution >= 4 is 23.6 Å². The van der Waals surface area contributed by atoms with Crippen LogP contribution in [0, 0.1) is 11.7 Å². The highest BCUT2D eigenvalue weighted by atomic mass is 32.1. The van der Waals surface area contributed by atoms with Crippen molar-refractivity contribution in [3.05, 3.63) is 38.5 Å². The van der Waals surface area contributed by atoms with Crippen LogP contribution in [0.2, 0.25) is 0 Å². The van der Waals surface area contributed by atoms with Crippen molar-refractivity contribution in [1.29, 1.82) is 0 Å². The van der Waals surface area contributed by atoms with Crippen LogP contribution in [0.3, 0.4) is 0 Å². The van der Waals surface area contributed by atoms with Gasteiger partial charge in [0.1, 0.15) is 0 Å². The molecule has 0 saturated carbocycles. The van der Waals surface area contributed by atoms with E-state index < -0.39 is 0 Å². The molecule has 0 fully saturated rings. The molecule has 0 aliphatic heterocycles. The predicted octanol–water partition coefficient (Wildman–Crippen LogP) is 4.09. The standard InChI is InChI=1S/C12H16N2S2/c1-8(2)10-6-13-12(15)14(10)7-11-9(3)4-5-16-11/h4-6,8H,7H2,1-3H3,(H,13,15). The molecule has 1 N–H and O–H groups in total. The molecule has 86 valence electrons. The molecule has 2 heterocycles. The minimum Gasteiger partial charge on any atom is -0.337 e. The van der Waals surface area contributed by atoms with Crippen molar-refractivity contribution in [3.8, 4) is 0 Å². The normalized spacial score (nSPS) is 11.2. The Kier molecular flexibility index (Phi) is 3.30. The van der Waals surface area contributed by atoms with E-state index in [1.54, 1.807) is 11.3 Å². The second-order valence-corrected chi connectivity index (χ2v) is 5.67. The summed E-state index contributed by atoms with van der Waals surface area (Å²) in [5.41, 5.74) is 2.63. The third-order valence-electron chi connectivity index (χ3n) is 2.76. The molecule has 0 amide bonds. The Hall–Kier alpha value is -0.870. The fraction of sp³-hybridized carbons (Fsp3) is 0.417. The Morgan fingerprint density at radius 2 is 2.25 bits per heavy atom. The van der Waals surface area contributed by atoms with Crippen LogP contribution in [-0.2, 0) is 6.54 Å². The SMILES string of the molecule is Cc1ccsc1Cn1c(C(C)C)c[nH]c1=S. The molecule has 0 atom stereocenters. The summed E-state index contributed by atoms with van der Waals surface area (Å²) in [6, 6.07) is 2.16. The number of hydrogen-bond donors (Lipinski definition) is 1. The van der Waals surface area contributed by atoms with Crippen LogP contribution in [0.4, 0.5) is 0 Å². The number of aromatic nitrogens is 2. The largest absolute Gasteiger partial charge is 0.337 e. The van der Waals surface area contributed by atoms with Gasteiger partial charge in [0, 0.05) is 16.8 Å². The van der Waals surface area contributed by atoms with E-state index >= 15 is 0 Å². The van der Waals surface area contributed by atoms with Crippen LogP contribution in [-0.4, -0.2) is 9.55 Å². The summed E-state index contributed by atoms with van der Waals surface area (Å²) in [4.78, 5) is 4.52. The molecule has 16 heavy (non-hydrogen) atoms. The summed E-state index contributed by atoms with van der Waals surface area (Å²) < 4.78 is 3.01. The summed E-state index contributed by atoms with van der Waals surface area (Å²) in [6.07, 6.45) is 2.02. The lowest BCUT2D eigenvalue weighted by Crippen LogP contribution is -2.05. The van der Waals surface area contributed by atoms with Crippen molar-refractivity contribution < 1.29 is 0 Å². The van der Waals surface area contributed by atoms with Gasteiger partial charge in [-0.1, -0.05) is 13.8 Å². The molecule has 4 heteroatoms. The first-order chi connectivity index (χ1) is 7.59. The molecule has 2 aromatic heterocycles. The van der Waals surface area contributed by atoms with Crippen molar-refractivity contribution in [1.82, 2.24) is 9.55 Å². The van der Waals surface area contributed by atoms with Crippen LogP contribution >= 0.6 is 23.6 Å². The number of thiophene rings is 1. The van der Waals surface area contributed by atoms with Crippen molar-refractivity contribution in [2.75, 3.05) is 0 Å². The van der Waals surface area contributed by atoms with E-state index in [4.69, 9.17) is 12.2 Å². The summed E-state index contributed by atoms with van der Waals surface area (Å²) in [6.45, 7) is 7.42. The number of nitrogens with zero attached hydrogens (tertiary/aromatic N) is 1. The zero-order chi connectivity index (χ0) is 11.7. The number of aryl methyl sites for hydroxylation is 1. The van der Waals surface area contributed by atoms with Crippen molar-refractivity contribution in [2.24, 2.45) is 0 Å². The minimum absolute atomic E-state index is 0.494. The van der Waals surface area contributed by atoms with E-state index in [2.05, 4.69) is 41.8 Å². The summed E-state index contributed by atoms with van der Waals surface area (Å²) in [7, 11) is 0. The van der Waals surface area contributed by atoms with Gasteiger partial charge in [0.2, 0.25) is 0 Å². The van der Waals surface area contributed by atoms with Crippen LogP contribution in [0.5, 0.6) is 0 Å². The van der Waals surface area contributed by atoms with Gasteiger partial charge < -0.3 is 9.55 Å². The lowest BCUT2D eigenvalue weighted by Gasteiger charge is -2.10. The molecule has 0 bridgehead atoms. The topological polar surface area (TPSA) is 20.7 Å². The fourth-order valence-electron chi connectivity index (χ4n) is 1.76. The van der Waals surface area contributed by atoms with Gasteiger partial charge in [-0.2, -0.15) is 0 Å². The van der Waals surface area contributed by atoms with Gasteiger partial charge in [0.25, 0.3) is 0 Å². The number of nitrogens with one attached hydrogen (secondary N) is 1. The van der Waals surface area contributed by atoms with Gasteiger partial charge in [0.15, 0.2) is 4.77 Å². The zero-order valence-corrected chi connectivity index (χ0v) is 11.4. The number of imidazole rings is 1. The molecule has 0 aromatic carbocycles. The van der Waals surface area contributed by atoms with Gasteiger partial charge >= 0.3 is 0 Å². The van der Waals surface area contributed by atoms with Gasteiger partial charge in [-0.15, -0.1) is 11.3 Å². The molecular weight excluding hydrogens is 236 g/mol. The smallest absolute Gasteiger partial charge is 0.177 e. The zero-order valence-electron chi connectivity index (χ0n) is 9.78. The maximum Gasteiger partial charge on any atom is 0.177 e. The Bertz CT molecular complexity index is 531. The molecule has 0 spiro atoms. The first-order valence-electron chi connectivity index (χ1n) is 5.40. The Morgan fingerprint density at radius 3 is 2.81 bits per heavy atom. The van der Waals surface area contributed by atoms with Crippen molar-refractivity contribution in [3.63, 3.8) is 0 Å². The number of aromatic amines is 1. The van der Waals surface area contributed by atoms with Crippen LogP contribution in [0.1, 0.15) is 35.9 Å². The van der Waals surface area contributed by atoms with Crippen molar-refractivity contribution in [2.45, 2.75) is 33.2 Å². The minimum atomic E-state index is 0.494. The first kappa shape index (κ1) is 11.6. The molecular formula is C12H16N2S2. The second kappa shape index (κ2) is 4.55. The highest BCUT2D eigenvalue weighted by Gasteiger charge is 2.09. The van der Waals surface area contributed by atoms with Gasteiger partial charge in [-0.05, 0) is 42.1 Å².